The fourth-order valence-electron chi connectivity index (χ4n) is 1.96. The van der Waals surface area contributed by atoms with Crippen molar-refractivity contribution in [3.63, 3.8) is 0 Å². The van der Waals surface area contributed by atoms with E-state index in [-0.39, 0.29) is 11.6 Å². The molecule has 0 bridgehead atoms. The van der Waals surface area contributed by atoms with Gasteiger partial charge in [0.25, 0.3) is 0 Å². The first kappa shape index (κ1) is 15.0. The van der Waals surface area contributed by atoms with Crippen molar-refractivity contribution in [2.24, 2.45) is 0 Å². The van der Waals surface area contributed by atoms with Gasteiger partial charge in [0.15, 0.2) is 23.1 Å². The van der Waals surface area contributed by atoms with Crippen LogP contribution in [-0.4, -0.2) is 21.3 Å². The lowest BCUT2D eigenvalue weighted by Crippen LogP contribution is -2.01. The van der Waals surface area contributed by atoms with Gasteiger partial charge in [-0.25, -0.2) is 4.39 Å². The molecule has 0 aromatic heterocycles. The zero-order chi connectivity index (χ0) is 15.2. The van der Waals surface area contributed by atoms with Crippen molar-refractivity contribution >= 4 is 5.69 Å². The van der Waals surface area contributed by atoms with Gasteiger partial charge in [0.2, 0.25) is 0 Å². The molecular weight excluding hydrogens is 273 g/mol. The Morgan fingerprint density at radius 1 is 0.857 bits per heavy atom. The highest BCUT2D eigenvalue weighted by molar-refractivity contribution is 5.50. The van der Waals surface area contributed by atoms with Gasteiger partial charge in [-0.15, -0.1) is 0 Å². The maximum absolute atomic E-state index is 13.3. The van der Waals surface area contributed by atoms with Gasteiger partial charge in [0, 0.05) is 18.3 Å². The van der Waals surface area contributed by atoms with Crippen LogP contribution in [0, 0.1) is 5.82 Å². The minimum Gasteiger partial charge on any atom is -0.494 e. The van der Waals surface area contributed by atoms with Gasteiger partial charge in [-0.05, 0) is 29.8 Å². The van der Waals surface area contributed by atoms with E-state index in [9.17, 15) is 4.39 Å². The van der Waals surface area contributed by atoms with Gasteiger partial charge in [-0.3, -0.25) is 0 Å². The van der Waals surface area contributed by atoms with Crippen LogP contribution in [0.2, 0.25) is 0 Å². The van der Waals surface area contributed by atoms with Crippen molar-refractivity contribution in [2.75, 3.05) is 26.6 Å². The van der Waals surface area contributed by atoms with Crippen LogP contribution in [0.1, 0.15) is 5.56 Å². The van der Waals surface area contributed by atoms with E-state index in [2.05, 4.69) is 5.32 Å². The topological polar surface area (TPSA) is 39.7 Å². The SMILES string of the molecule is COc1cc(NCc2ccc(OC)c(OC)c2)ccc1F. The lowest BCUT2D eigenvalue weighted by Gasteiger charge is -2.11. The predicted molar refractivity (Wildman–Crippen MR) is 79.8 cm³/mol. The second kappa shape index (κ2) is 6.83. The summed E-state index contributed by atoms with van der Waals surface area (Å²) in [6.07, 6.45) is 0. The van der Waals surface area contributed by atoms with Gasteiger partial charge in [0.05, 0.1) is 21.3 Å². The summed E-state index contributed by atoms with van der Waals surface area (Å²) in [5.41, 5.74) is 1.80. The van der Waals surface area contributed by atoms with E-state index in [0.717, 1.165) is 11.3 Å². The molecule has 0 saturated heterocycles. The molecule has 0 fully saturated rings. The van der Waals surface area contributed by atoms with Crippen molar-refractivity contribution in [1.82, 2.24) is 0 Å². The summed E-state index contributed by atoms with van der Waals surface area (Å²) in [7, 11) is 4.64. The van der Waals surface area contributed by atoms with Gasteiger partial charge in [-0.2, -0.15) is 0 Å². The highest BCUT2D eigenvalue weighted by Gasteiger charge is 2.06. The number of ether oxygens (including phenoxy) is 3. The summed E-state index contributed by atoms with van der Waals surface area (Å²) in [5.74, 6) is 1.19. The highest BCUT2D eigenvalue weighted by atomic mass is 19.1. The molecule has 4 nitrogen and oxygen atoms in total. The zero-order valence-corrected chi connectivity index (χ0v) is 12.3. The van der Waals surface area contributed by atoms with Gasteiger partial charge in [0.1, 0.15) is 0 Å². The van der Waals surface area contributed by atoms with Crippen LogP contribution in [0.5, 0.6) is 17.2 Å². The van der Waals surface area contributed by atoms with Crippen LogP contribution in [0.15, 0.2) is 36.4 Å². The molecule has 0 unspecified atom stereocenters. The van der Waals surface area contributed by atoms with E-state index in [1.165, 1.54) is 13.2 Å². The largest absolute Gasteiger partial charge is 0.494 e. The quantitative estimate of drug-likeness (QED) is 0.884. The van der Waals surface area contributed by atoms with Crippen LogP contribution < -0.4 is 19.5 Å². The molecule has 21 heavy (non-hydrogen) atoms. The normalized spacial score (nSPS) is 10.1. The van der Waals surface area contributed by atoms with Crippen LogP contribution in [-0.2, 0) is 6.54 Å². The van der Waals surface area contributed by atoms with Gasteiger partial charge >= 0.3 is 0 Å². The van der Waals surface area contributed by atoms with Crippen LogP contribution in [0.25, 0.3) is 0 Å². The number of hydrogen-bond donors (Lipinski definition) is 1. The first-order valence-electron chi connectivity index (χ1n) is 6.46. The Labute approximate surface area is 123 Å². The van der Waals surface area contributed by atoms with Crippen LogP contribution in [0.3, 0.4) is 0 Å². The lowest BCUT2D eigenvalue weighted by atomic mass is 10.2. The average Bonchev–Trinajstić information content (AvgIpc) is 2.53. The minimum absolute atomic E-state index is 0.215. The van der Waals surface area contributed by atoms with Crippen molar-refractivity contribution in [1.29, 1.82) is 0 Å². The smallest absolute Gasteiger partial charge is 0.165 e. The summed E-state index contributed by atoms with van der Waals surface area (Å²) in [6, 6.07) is 10.3. The Morgan fingerprint density at radius 3 is 2.24 bits per heavy atom. The summed E-state index contributed by atoms with van der Waals surface area (Å²) in [5, 5.41) is 3.21. The summed E-state index contributed by atoms with van der Waals surface area (Å²) in [6.45, 7) is 0.579. The fourth-order valence-corrected chi connectivity index (χ4v) is 1.96. The maximum atomic E-state index is 13.3. The van der Waals surface area contributed by atoms with Crippen LogP contribution in [0.4, 0.5) is 10.1 Å². The monoisotopic (exact) mass is 291 g/mol. The summed E-state index contributed by atoms with van der Waals surface area (Å²) in [4.78, 5) is 0. The molecule has 0 spiro atoms. The molecule has 2 rings (SSSR count). The fraction of sp³-hybridized carbons (Fsp3) is 0.250. The van der Waals surface area contributed by atoms with E-state index >= 15 is 0 Å². The second-order valence-corrected chi connectivity index (χ2v) is 4.39. The zero-order valence-electron chi connectivity index (χ0n) is 12.3. The third-order valence-electron chi connectivity index (χ3n) is 3.10. The van der Waals surface area contributed by atoms with Crippen molar-refractivity contribution in [2.45, 2.75) is 6.54 Å². The number of rotatable bonds is 6. The van der Waals surface area contributed by atoms with E-state index in [1.807, 2.05) is 18.2 Å². The Kier molecular flexibility index (Phi) is 4.87. The number of nitrogens with one attached hydrogen (secondary N) is 1. The Balaban J connectivity index is 2.09. The Morgan fingerprint density at radius 2 is 1.57 bits per heavy atom. The van der Waals surface area contributed by atoms with E-state index in [0.29, 0.717) is 18.0 Å². The number of benzene rings is 2. The number of anilines is 1. The molecule has 2 aromatic rings. The molecule has 2 aromatic carbocycles. The molecule has 0 heterocycles. The Bertz CT molecular complexity index is 616. The molecule has 1 N–H and O–H groups in total. The first-order valence-corrected chi connectivity index (χ1v) is 6.46. The van der Waals surface area contributed by atoms with E-state index in [4.69, 9.17) is 14.2 Å². The molecule has 0 radical (unpaired) electrons. The molecule has 112 valence electrons. The van der Waals surface area contributed by atoms with Crippen molar-refractivity contribution in [3.05, 3.63) is 47.8 Å². The highest BCUT2D eigenvalue weighted by Crippen LogP contribution is 2.28. The van der Waals surface area contributed by atoms with Gasteiger partial charge < -0.3 is 19.5 Å². The van der Waals surface area contributed by atoms with E-state index < -0.39 is 0 Å². The maximum Gasteiger partial charge on any atom is 0.165 e. The summed E-state index contributed by atoms with van der Waals surface area (Å²) >= 11 is 0. The lowest BCUT2D eigenvalue weighted by molar-refractivity contribution is 0.354. The number of methoxy groups -OCH3 is 3. The average molecular weight is 291 g/mol. The third-order valence-corrected chi connectivity index (χ3v) is 3.10. The third kappa shape index (κ3) is 3.56. The summed E-state index contributed by atoms with van der Waals surface area (Å²) < 4.78 is 28.7. The number of hydrogen-bond acceptors (Lipinski definition) is 4. The van der Waals surface area contributed by atoms with Crippen LogP contribution >= 0.6 is 0 Å². The molecule has 0 amide bonds. The predicted octanol–water partition coefficient (Wildman–Crippen LogP) is 3.46. The molecule has 5 heteroatoms. The van der Waals surface area contributed by atoms with Crippen molar-refractivity contribution in [3.8, 4) is 17.2 Å². The van der Waals surface area contributed by atoms with Gasteiger partial charge in [-0.1, -0.05) is 6.07 Å². The first-order chi connectivity index (χ1) is 10.2. The molecular formula is C16H18FNO3. The minimum atomic E-state index is -0.380. The molecule has 0 aliphatic rings. The molecule has 0 saturated carbocycles. The van der Waals surface area contributed by atoms with E-state index in [1.54, 1.807) is 26.4 Å². The number of halogens is 1. The molecule has 0 aliphatic heterocycles. The van der Waals surface area contributed by atoms with Crippen molar-refractivity contribution < 1.29 is 18.6 Å². The molecule has 0 atom stereocenters. The molecule has 0 aliphatic carbocycles. The Hall–Kier alpha value is -2.43. The second-order valence-electron chi connectivity index (χ2n) is 4.39. The standard InChI is InChI=1S/C16H18FNO3/c1-19-14-7-4-11(8-16(14)21-3)10-18-12-5-6-13(17)15(9-12)20-2/h4-9,18H,10H2,1-3H3.